The second-order valence-corrected chi connectivity index (χ2v) is 45.8. The molecule has 0 aromatic rings. The number of sulfone groups is 1. The number of hydrogen-bond donors (Lipinski definition) is 4. The molecule has 4 rings (SSSR count). The number of hydrogen-bond acceptors (Lipinski definition) is 23. The van der Waals surface area contributed by atoms with Crippen LogP contribution < -0.4 is 0 Å². The van der Waals surface area contributed by atoms with Crippen LogP contribution >= 0.6 is 0 Å². The summed E-state index contributed by atoms with van der Waals surface area (Å²) in [5.74, 6) is 5.69. The van der Waals surface area contributed by atoms with E-state index in [-0.39, 0.29) is 90.1 Å². The molecule has 30 heteroatoms. The minimum Gasteiger partial charge on any atom is -0.391 e. The number of aliphatic hydroxyl groups excluding tert-OH is 3. The van der Waals surface area contributed by atoms with Gasteiger partial charge in [0.05, 0.1) is 106 Å². The predicted molar refractivity (Wildman–Crippen MR) is 588 cm³/mol. The number of amides is 6. The number of aliphatic hydroxyl groups is 4. The van der Waals surface area contributed by atoms with Gasteiger partial charge in [-0.3, -0.25) is 33.6 Å². The molecule has 4 aliphatic rings. The minimum absolute atomic E-state index is 0.00806. The largest absolute Gasteiger partial charge is 0.391 e. The molecule has 29 nitrogen and oxygen atoms in total. The van der Waals surface area contributed by atoms with Gasteiger partial charge in [0.15, 0.2) is 0 Å². The molecule has 140 heavy (non-hydrogen) atoms. The number of unbranched alkanes of at least 4 members (excludes halogenated alkanes) is 1. The number of piperazine rings is 2. The Morgan fingerprint density at radius 3 is 1.04 bits per heavy atom. The Morgan fingerprint density at radius 2 is 0.814 bits per heavy atom. The number of likely N-dealkylation sites (N-methyl/N-ethyl adjacent to an activating group) is 3. The van der Waals surface area contributed by atoms with Gasteiger partial charge in [0.1, 0.15) is 28.3 Å². The highest BCUT2D eigenvalue weighted by atomic mass is 32.2. The van der Waals surface area contributed by atoms with Gasteiger partial charge >= 0.3 is 0 Å². The highest BCUT2D eigenvalue weighted by Crippen LogP contribution is 2.26. The van der Waals surface area contributed by atoms with Crippen LogP contribution in [0.15, 0.2) is 0 Å². The van der Waals surface area contributed by atoms with Gasteiger partial charge in [-0.25, -0.2) is 8.42 Å². The molecular formula is C110H236N8O21S. The zero-order valence-corrected chi connectivity index (χ0v) is 101. The van der Waals surface area contributed by atoms with Gasteiger partial charge in [-0.05, 0) is 198 Å². The van der Waals surface area contributed by atoms with Crippen molar-refractivity contribution in [2.45, 2.75) is 427 Å². The van der Waals surface area contributed by atoms with Gasteiger partial charge < -0.3 is 97.5 Å². The first kappa shape index (κ1) is 159. The SMILES string of the molecule is CC(=O)C(C)(C)C(C)C.CC(C)C(=O)N1CCCCC1.CC(C)C(=O)N1CCN(C)CC1.CC(C)C(O)C(C)(C)O.CC(C)CC(=O)N(C)C.CC(C)CC(=O)N1CCN(C)CC1.CC(C)CCC(=O)N(C)C.CC(C)OC1COC1.CC(C)OCC(=O)N(C)C.CC(C)OCC(O)CS(C)(=O)=O.CCC(O)COC(C)C.CCCC(C)C.CCCCC(C)C.CCCOC(C)C.COCCOC(C)C. The van der Waals surface area contributed by atoms with E-state index in [0.29, 0.717) is 105 Å². The van der Waals surface area contributed by atoms with E-state index < -0.39 is 27.6 Å². The highest BCUT2D eigenvalue weighted by Gasteiger charge is 2.29. The van der Waals surface area contributed by atoms with Crippen LogP contribution in [0.5, 0.6) is 0 Å². The van der Waals surface area contributed by atoms with E-state index in [1.54, 1.807) is 80.0 Å². The Labute approximate surface area is 864 Å². The van der Waals surface area contributed by atoms with Crippen LogP contribution in [0.25, 0.3) is 0 Å². The molecule has 0 spiro atoms. The normalized spacial score (nSPS) is 14.4. The molecule has 0 aromatic carbocycles. The summed E-state index contributed by atoms with van der Waals surface area (Å²) < 4.78 is 62.0. The third-order valence-electron chi connectivity index (χ3n) is 20.8. The molecule has 3 unspecified atom stereocenters. The fourth-order valence-electron chi connectivity index (χ4n) is 10.9. The lowest BCUT2D eigenvalue weighted by Crippen LogP contribution is -2.48. The van der Waals surface area contributed by atoms with Crippen molar-refractivity contribution in [2.24, 2.45) is 58.7 Å². The molecule has 0 radical (unpaired) electrons. The van der Waals surface area contributed by atoms with E-state index in [4.69, 9.17) is 48.1 Å². The summed E-state index contributed by atoms with van der Waals surface area (Å²) in [6, 6.07) is 0. The van der Waals surface area contributed by atoms with Crippen molar-refractivity contribution in [1.82, 2.24) is 39.2 Å². The number of piperidine rings is 1. The van der Waals surface area contributed by atoms with E-state index in [0.717, 1.165) is 123 Å². The summed E-state index contributed by atoms with van der Waals surface area (Å²) in [6.07, 6.45) is 16.6. The third-order valence-corrected chi connectivity index (χ3v) is 21.8. The Kier molecular flexibility index (Phi) is 111. The van der Waals surface area contributed by atoms with Gasteiger partial charge in [-0.15, -0.1) is 0 Å². The zero-order valence-electron chi connectivity index (χ0n) is 101. The lowest BCUT2D eigenvalue weighted by molar-refractivity contribution is -0.146. The average Bonchev–Trinajstić information content (AvgIpc) is 1.02. The Morgan fingerprint density at radius 1 is 0.436 bits per heavy atom. The number of nitrogens with zero attached hydrogens (tertiary/aromatic N) is 8. The van der Waals surface area contributed by atoms with E-state index in [1.165, 1.54) is 56.3 Å². The summed E-state index contributed by atoms with van der Waals surface area (Å²) in [4.78, 5) is 93.4. The molecule has 848 valence electrons. The fourth-order valence-corrected chi connectivity index (χ4v) is 11.7. The number of ketones is 1. The Hall–Kier alpha value is -4.12. The van der Waals surface area contributed by atoms with E-state index >= 15 is 0 Å². The van der Waals surface area contributed by atoms with Crippen LogP contribution in [0.4, 0.5) is 0 Å². The first-order valence-electron chi connectivity index (χ1n) is 53.2. The number of carbonyl (C=O) groups excluding carboxylic acids is 7. The smallest absolute Gasteiger partial charge is 0.248 e. The number of methoxy groups -OCH3 is 1. The summed E-state index contributed by atoms with van der Waals surface area (Å²) in [7, 11) is 13.3. The van der Waals surface area contributed by atoms with Crippen LogP contribution in [-0.2, 0) is 81.3 Å². The van der Waals surface area contributed by atoms with Gasteiger partial charge in [0.25, 0.3) is 0 Å². The standard InChI is InChI=1S/C10H20N2O.C9H18N2O.C9H17NO.C8H17NO.C8H16O.C7H15NO2.C7H15NO.C7H16O4S.2C7H16O2.C7H16.C6H12O2.C6H14O2.C6H14O.C6H14/c1-9(2)8-10(13)12-6-4-11(3)5-7-12;1-8(2)9(12)11-6-4-10(3)5-7-11;1-8(2)9(11)10-6-4-3-5-7-10;1-7(2)5-6-8(10)9(3)4;1-6(2)8(4,5)7(3)9;1-6(2)10-5-7(9)8(3)4;1-6(2)5-7(9)8(3)4;1-6(2)11-4-7(8)5-12(3,9)10;1-5(2)6(8)7(3,4)9;1-4-7(8)5-9-6(2)3;1-4-5-6-7(2)3;1-5(2)8-6-3-7-4-6;1-6(2)8-5-4-7-3;1-4-5-7-6(2)3;1-4-5-6(2)3/h9H,4-8H2,1-3H3;8H,4-7H2,1-3H3;8H,3-7H2,1-2H3;7H,5-6H2,1-4H3;6H,1-5H3;6H,5H2,1-4H3;6H,5H2,1-4H3;6-8H,4-5H2,1-3H3;5-6,8-9H,1-4H3;6-8H,4-5H2,1-3H3;7H,4-6H2,1-3H3;5-6H,3-4H2,1-2H3;6H,4-5H2,1-3H3;6H,4-5H2,1-3H3;6H,4-5H2,1-3H3. The first-order chi connectivity index (χ1) is 64.1. The van der Waals surface area contributed by atoms with Crippen LogP contribution in [0.2, 0.25) is 0 Å². The van der Waals surface area contributed by atoms with Crippen molar-refractivity contribution < 1.29 is 100 Å². The summed E-state index contributed by atoms with van der Waals surface area (Å²) in [5, 5.41) is 36.5. The highest BCUT2D eigenvalue weighted by molar-refractivity contribution is 7.90. The topological polar surface area (TPSA) is 334 Å². The lowest BCUT2D eigenvalue weighted by Gasteiger charge is -2.33. The summed E-state index contributed by atoms with van der Waals surface area (Å²) in [5.41, 5.74) is -1.10. The van der Waals surface area contributed by atoms with Crippen LogP contribution in [0, 0.1) is 58.7 Å². The van der Waals surface area contributed by atoms with Crippen molar-refractivity contribution in [3.8, 4) is 0 Å². The van der Waals surface area contributed by atoms with Crippen LogP contribution in [0.1, 0.15) is 360 Å². The molecule has 0 saturated carbocycles. The maximum atomic E-state index is 11.6. The number of ether oxygens (including phenoxy) is 8. The van der Waals surface area contributed by atoms with Crippen molar-refractivity contribution >= 4 is 51.1 Å². The molecule has 4 aliphatic heterocycles. The molecule has 4 heterocycles. The molecular weight excluding hydrogens is 1800 g/mol. The average molecular weight is 2040 g/mol. The van der Waals surface area contributed by atoms with Gasteiger partial charge in [0, 0.05) is 164 Å². The van der Waals surface area contributed by atoms with Crippen LogP contribution in [0.3, 0.4) is 0 Å². The Balaban J connectivity index is -0.000000142. The summed E-state index contributed by atoms with van der Waals surface area (Å²) in [6.45, 7) is 92.5. The number of likely N-dealkylation sites (tertiary alicyclic amines) is 1. The Bertz CT molecular complexity index is 2860. The van der Waals surface area contributed by atoms with Crippen molar-refractivity contribution in [2.75, 3.05) is 194 Å². The van der Waals surface area contributed by atoms with Gasteiger partial charge in [-0.1, -0.05) is 198 Å². The molecule has 3 atom stereocenters. The molecule has 6 amide bonds. The molecule has 0 aromatic heterocycles. The minimum atomic E-state index is -3.10. The van der Waals surface area contributed by atoms with E-state index in [1.807, 2.05) is 160 Å². The predicted octanol–water partition coefficient (Wildman–Crippen LogP) is 19.0. The van der Waals surface area contributed by atoms with Crippen molar-refractivity contribution in [3.05, 3.63) is 0 Å². The maximum absolute atomic E-state index is 11.6. The van der Waals surface area contributed by atoms with E-state index in [2.05, 4.69) is 128 Å². The fraction of sp³-hybridized carbons (Fsp3) is 0.936. The lowest BCUT2D eigenvalue weighted by atomic mass is 9.78. The molecule has 4 saturated heterocycles. The maximum Gasteiger partial charge on any atom is 0.248 e. The van der Waals surface area contributed by atoms with Crippen molar-refractivity contribution in [1.29, 1.82) is 0 Å². The van der Waals surface area contributed by atoms with Gasteiger partial charge in [0.2, 0.25) is 35.4 Å². The third kappa shape index (κ3) is 123. The van der Waals surface area contributed by atoms with Crippen LogP contribution in [-0.4, -0.2) is 370 Å². The summed E-state index contributed by atoms with van der Waals surface area (Å²) >= 11 is 0. The second-order valence-electron chi connectivity index (χ2n) is 43.6. The number of carbonyl (C=O) groups is 7. The molecule has 4 fully saturated rings. The van der Waals surface area contributed by atoms with E-state index in [9.17, 15) is 52.2 Å². The van der Waals surface area contributed by atoms with Crippen molar-refractivity contribution in [3.63, 3.8) is 0 Å². The number of rotatable bonds is 39. The molecule has 0 aliphatic carbocycles. The monoisotopic (exact) mass is 2040 g/mol. The van der Waals surface area contributed by atoms with Gasteiger partial charge in [-0.2, -0.15) is 0 Å². The zero-order chi connectivity index (χ0) is 112. The molecule has 0 bridgehead atoms. The number of Topliss-reactive ketones (excluding diaryl/α,β-unsaturated/α-hetero) is 1. The molecule has 4 N–H and O–H groups in total. The second kappa shape index (κ2) is 98.2. The first-order valence-corrected chi connectivity index (χ1v) is 55.3. The quantitative estimate of drug-likeness (QED) is 0.0415.